The van der Waals surface area contributed by atoms with Crippen LogP contribution in [0.5, 0.6) is 0 Å². The van der Waals surface area contributed by atoms with Crippen molar-refractivity contribution in [3.63, 3.8) is 0 Å². The average Bonchev–Trinajstić information content (AvgIpc) is 1.87. The molecular weight excluding hydrogens is 132 g/mol. The number of nitrogens with zero attached hydrogens (tertiary/aromatic N) is 1. The molecule has 1 amide bonds. The van der Waals surface area contributed by atoms with Crippen LogP contribution in [0.25, 0.3) is 0 Å². The van der Waals surface area contributed by atoms with Crippen molar-refractivity contribution in [2.75, 3.05) is 6.54 Å². The van der Waals surface area contributed by atoms with Gasteiger partial charge in [0.25, 0.3) is 0 Å². The van der Waals surface area contributed by atoms with Crippen molar-refractivity contribution in [3.05, 3.63) is 0 Å². The number of hydrogen-bond acceptors (Lipinski definition) is 3. The van der Waals surface area contributed by atoms with Crippen molar-refractivity contribution < 1.29 is 9.90 Å². The highest BCUT2D eigenvalue weighted by atomic mass is 16.3. The number of rotatable bonds is 3. The molecule has 0 aliphatic rings. The molecule has 4 nitrogen and oxygen atoms in total. The zero-order chi connectivity index (χ0) is 7.98. The smallest absolute Gasteiger partial charge is 0.216 e. The van der Waals surface area contributed by atoms with Crippen LogP contribution in [0, 0.1) is 11.3 Å². The van der Waals surface area contributed by atoms with Crippen LogP contribution >= 0.6 is 0 Å². The Morgan fingerprint density at radius 2 is 2.50 bits per heavy atom. The lowest BCUT2D eigenvalue weighted by Crippen LogP contribution is -2.23. The van der Waals surface area contributed by atoms with Crippen LogP contribution in [-0.2, 0) is 4.79 Å². The summed E-state index contributed by atoms with van der Waals surface area (Å²) in [4.78, 5) is 10.2. The largest absolute Gasteiger partial charge is 0.378 e. The molecule has 4 heteroatoms. The predicted octanol–water partition coefficient (Wildman–Crippen LogP) is -0.603. The van der Waals surface area contributed by atoms with E-state index in [9.17, 15) is 4.79 Å². The Morgan fingerprint density at radius 3 is 2.90 bits per heavy atom. The first-order chi connectivity index (χ1) is 4.66. The maximum Gasteiger partial charge on any atom is 0.216 e. The molecule has 2 N–H and O–H groups in total. The lowest BCUT2D eigenvalue weighted by molar-refractivity contribution is -0.119. The maximum atomic E-state index is 10.2. The van der Waals surface area contributed by atoms with Crippen LogP contribution in [0.3, 0.4) is 0 Å². The predicted molar refractivity (Wildman–Crippen MR) is 34.9 cm³/mol. The first-order valence-corrected chi connectivity index (χ1v) is 2.99. The Balaban J connectivity index is 3.22. The van der Waals surface area contributed by atoms with Gasteiger partial charge in [0, 0.05) is 19.9 Å². The number of carbonyl (C=O) groups excluding carboxylic acids is 1. The summed E-state index contributed by atoms with van der Waals surface area (Å²) in [7, 11) is 0. The summed E-state index contributed by atoms with van der Waals surface area (Å²) < 4.78 is 0. The molecule has 0 saturated carbocycles. The second-order valence-corrected chi connectivity index (χ2v) is 1.92. The van der Waals surface area contributed by atoms with E-state index >= 15 is 0 Å². The fourth-order valence-electron chi connectivity index (χ4n) is 0.449. The molecule has 0 rings (SSSR count). The number of amides is 1. The van der Waals surface area contributed by atoms with Gasteiger partial charge in [0.05, 0.1) is 6.07 Å². The Kier molecular flexibility index (Phi) is 4.25. The van der Waals surface area contributed by atoms with Crippen LogP contribution in [0.2, 0.25) is 0 Å². The molecule has 0 aromatic rings. The molecular formula is C6H10N2O2. The van der Waals surface area contributed by atoms with Gasteiger partial charge in [-0.1, -0.05) is 0 Å². The van der Waals surface area contributed by atoms with Gasteiger partial charge < -0.3 is 10.4 Å². The van der Waals surface area contributed by atoms with E-state index in [0.717, 1.165) is 0 Å². The average molecular weight is 142 g/mol. The van der Waals surface area contributed by atoms with Gasteiger partial charge in [-0.2, -0.15) is 5.26 Å². The first-order valence-electron chi connectivity index (χ1n) is 2.99. The van der Waals surface area contributed by atoms with Gasteiger partial charge in [0.1, 0.15) is 6.10 Å². The molecule has 0 spiro atoms. The van der Waals surface area contributed by atoms with Crippen molar-refractivity contribution in [2.45, 2.75) is 19.4 Å². The normalized spacial score (nSPS) is 11.7. The minimum absolute atomic E-state index is 0.148. The molecule has 1 atom stereocenters. The van der Waals surface area contributed by atoms with E-state index in [1.807, 2.05) is 0 Å². The molecule has 0 aliphatic heterocycles. The second kappa shape index (κ2) is 4.77. The molecule has 0 saturated heterocycles. The van der Waals surface area contributed by atoms with E-state index in [0.29, 0.717) is 6.54 Å². The van der Waals surface area contributed by atoms with E-state index < -0.39 is 6.10 Å². The van der Waals surface area contributed by atoms with Crippen molar-refractivity contribution in [2.24, 2.45) is 0 Å². The highest BCUT2D eigenvalue weighted by Crippen LogP contribution is 1.85. The van der Waals surface area contributed by atoms with E-state index in [2.05, 4.69) is 5.32 Å². The van der Waals surface area contributed by atoms with E-state index in [4.69, 9.17) is 10.4 Å². The van der Waals surface area contributed by atoms with E-state index in [1.165, 1.54) is 6.92 Å². The number of nitriles is 1. The van der Waals surface area contributed by atoms with E-state index in [1.54, 1.807) is 6.07 Å². The van der Waals surface area contributed by atoms with Crippen LogP contribution in [0.4, 0.5) is 0 Å². The van der Waals surface area contributed by atoms with Crippen LogP contribution in [0.1, 0.15) is 13.3 Å². The summed E-state index contributed by atoms with van der Waals surface area (Å²) in [5.41, 5.74) is 0. The molecule has 1 unspecified atom stereocenters. The summed E-state index contributed by atoms with van der Waals surface area (Å²) >= 11 is 0. The molecule has 0 aromatic heterocycles. The number of aliphatic hydroxyl groups is 1. The number of aliphatic hydroxyl groups excluding tert-OH is 1. The van der Waals surface area contributed by atoms with Crippen molar-refractivity contribution in [3.8, 4) is 6.07 Å². The van der Waals surface area contributed by atoms with Crippen LogP contribution in [-0.4, -0.2) is 23.7 Å². The molecule has 0 aromatic carbocycles. The summed E-state index contributed by atoms with van der Waals surface area (Å²) in [6, 6.07) is 1.64. The summed E-state index contributed by atoms with van der Waals surface area (Å²) in [6.07, 6.45) is -0.678. The standard InChI is InChI=1S/C6H10N2O2/c1-5(9)8-3-2-6(10)4-7/h6,10H,2-3H2,1H3,(H,8,9). The molecule has 0 heterocycles. The highest BCUT2D eigenvalue weighted by molar-refractivity contribution is 5.72. The zero-order valence-corrected chi connectivity index (χ0v) is 5.79. The SMILES string of the molecule is CC(=O)NCCC(O)C#N. The Bertz CT molecular complexity index is 150. The van der Waals surface area contributed by atoms with Gasteiger partial charge in [-0.15, -0.1) is 0 Å². The molecule has 0 aliphatic carbocycles. The van der Waals surface area contributed by atoms with Gasteiger partial charge in [-0.25, -0.2) is 0 Å². The lowest BCUT2D eigenvalue weighted by atomic mass is 10.3. The van der Waals surface area contributed by atoms with Crippen LogP contribution in [0.15, 0.2) is 0 Å². The quantitative estimate of drug-likeness (QED) is 0.516. The fourth-order valence-corrected chi connectivity index (χ4v) is 0.449. The van der Waals surface area contributed by atoms with Crippen molar-refractivity contribution in [1.82, 2.24) is 5.32 Å². The summed E-state index contributed by atoms with van der Waals surface area (Å²) in [5, 5.41) is 19.2. The summed E-state index contributed by atoms with van der Waals surface area (Å²) in [5.74, 6) is -0.148. The minimum atomic E-state index is -0.966. The number of nitrogens with one attached hydrogen (secondary N) is 1. The Labute approximate surface area is 59.5 Å². The number of hydrogen-bond donors (Lipinski definition) is 2. The lowest BCUT2D eigenvalue weighted by Gasteiger charge is -2.00. The first kappa shape index (κ1) is 8.92. The minimum Gasteiger partial charge on any atom is -0.378 e. The maximum absolute atomic E-state index is 10.2. The molecule has 0 radical (unpaired) electrons. The third kappa shape index (κ3) is 5.06. The van der Waals surface area contributed by atoms with Gasteiger partial charge in [-0.05, 0) is 0 Å². The van der Waals surface area contributed by atoms with Gasteiger partial charge in [-0.3, -0.25) is 4.79 Å². The van der Waals surface area contributed by atoms with Crippen molar-refractivity contribution in [1.29, 1.82) is 5.26 Å². The third-order valence-electron chi connectivity index (χ3n) is 0.941. The third-order valence-corrected chi connectivity index (χ3v) is 0.941. The highest BCUT2D eigenvalue weighted by Gasteiger charge is 1.99. The second-order valence-electron chi connectivity index (χ2n) is 1.92. The molecule has 10 heavy (non-hydrogen) atoms. The monoisotopic (exact) mass is 142 g/mol. The fraction of sp³-hybridized carbons (Fsp3) is 0.667. The van der Waals surface area contributed by atoms with Gasteiger partial charge in [0.2, 0.25) is 5.91 Å². The topological polar surface area (TPSA) is 73.1 Å². The van der Waals surface area contributed by atoms with Crippen molar-refractivity contribution >= 4 is 5.91 Å². The Morgan fingerprint density at radius 1 is 1.90 bits per heavy atom. The number of carbonyl (C=O) groups is 1. The van der Waals surface area contributed by atoms with E-state index in [-0.39, 0.29) is 12.3 Å². The molecule has 0 bridgehead atoms. The summed E-state index contributed by atoms with van der Waals surface area (Å²) in [6.45, 7) is 1.74. The van der Waals surface area contributed by atoms with Crippen LogP contribution < -0.4 is 5.32 Å². The Hall–Kier alpha value is -1.08. The molecule has 56 valence electrons. The molecule has 0 fully saturated rings. The zero-order valence-electron chi connectivity index (χ0n) is 5.79. The van der Waals surface area contributed by atoms with Gasteiger partial charge in [0.15, 0.2) is 0 Å². The van der Waals surface area contributed by atoms with Gasteiger partial charge >= 0.3 is 0 Å².